The van der Waals surface area contributed by atoms with Crippen LogP contribution < -0.4 is 0 Å². The fourth-order valence-electron chi connectivity index (χ4n) is 3.37. The van der Waals surface area contributed by atoms with E-state index in [4.69, 9.17) is 0 Å². The number of aliphatic hydroxyl groups is 1. The lowest BCUT2D eigenvalue weighted by atomic mass is 10.1. The van der Waals surface area contributed by atoms with Gasteiger partial charge in [-0.05, 0) is 31.0 Å². The summed E-state index contributed by atoms with van der Waals surface area (Å²) in [6.07, 6.45) is 0.693. The predicted octanol–water partition coefficient (Wildman–Crippen LogP) is 1.46. The molecule has 0 unspecified atom stereocenters. The first-order chi connectivity index (χ1) is 9.11. The zero-order valence-electron chi connectivity index (χ0n) is 11.3. The van der Waals surface area contributed by atoms with E-state index in [1.54, 1.807) is 12.1 Å². The van der Waals surface area contributed by atoms with E-state index in [0.29, 0.717) is 12.1 Å². The number of rotatable bonds is 2. The Morgan fingerprint density at radius 3 is 2.95 bits per heavy atom. The molecule has 2 saturated heterocycles. The van der Waals surface area contributed by atoms with Crippen LogP contribution in [-0.4, -0.2) is 52.7 Å². The van der Waals surface area contributed by atoms with Crippen LogP contribution in [0.3, 0.4) is 0 Å². The first-order valence-corrected chi connectivity index (χ1v) is 7.02. The standard InChI is InChI=1S/C15H21FN2O/c1-11-7-18-10-15(19)6-14(18)9-17(11)8-12-3-2-4-13(16)5-12/h2-5,11,14-15,19H,6-10H2,1H3/t11-,14+,15+/m0/s1. The summed E-state index contributed by atoms with van der Waals surface area (Å²) in [5, 5.41) is 9.75. The van der Waals surface area contributed by atoms with E-state index >= 15 is 0 Å². The molecule has 0 saturated carbocycles. The van der Waals surface area contributed by atoms with Gasteiger partial charge in [0.05, 0.1) is 6.10 Å². The maximum Gasteiger partial charge on any atom is 0.123 e. The minimum Gasteiger partial charge on any atom is -0.392 e. The molecule has 0 spiro atoms. The summed E-state index contributed by atoms with van der Waals surface area (Å²) in [4.78, 5) is 4.78. The number of hydrogen-bond donors (Lipinski definition) is 1. The highest BCUT2D eigenvalue weighted by Crippen LogP contribution is 2.26. The maximum absolute atomic E-state index is 13.2. The third-order valence-corrected chi connectivity index (χ3v) is 4.35. The maximum atomic E-state index is 13.2. The van der Waals surface area contributed by atoms with E-state index < -0.39 is 0 Å². The summed E-state index contributed by atoms with van der Waals surface area (Å²) in [6.45, 7) is 5.77. The van der Waals surface area contributed by atoms with Crippen molar-refractivity contribution in [1.82, 2.24) is 9.80 Å². The second-order valence-corrected chi connectivity index (χ2v) is 5.91. The first kappa shape index (κ1) is 13.0. The Bertz CT molecular complexity index is 454. The van der Waals surface area contributed by atoms with Crippen LogP contribution in [0.2, 0.25) is 0 Å². The van der Waals surface area contributed by atoms with E-state index in [1.807, 2.05) is 6.07 Å². The molecule has 0 radical (unpaired) electrons. The normalized spacial score (nSPS) is 32.5. The van der Waals surface area contributed by atoms with Gasteiger partial charge in [-0.1, -0.05) is 12.1 Å². The molecule has 2 fully saturated rings. The Balaban J connectivity index is 1.68. The smallest absolute Gasteiger partial charge is 0.123 e. The zero-order chi connectivity index (χ0) is 13.4. The molecule has 0 aromatic heterocycles. The van der Waals surface area contributed by atoms with Crippen molar-refractivity contribution in [3.05, 3.63) is 35.6 Å². The molecule has 3 atom stereocenters. The second kappa shape index (κ2) is 5.19. The number of piperazine rings is 1. The molecular formula is C15H21FN2O. The molecular weight excluding hydrogens is 243 g/mol. The summed E-state index contributed by atoms with van der Waals surface area (Å²) >= 11 is 0. The van der Waals surface area contributed by atoms with E-state index in [2.05, 4.69) is 16.7 Å². The van der Waals surface area contributed by atoms with Gasteiger partial charge in [-0.3, -0.25) is 9.80 Å². The molecule has 104 valence electrons. The molecule has 2 heterocycles. The average molecular weight is 264 g/mol. The van der Waals surface area contributed by atoms with Gasteiger partial charge in [-0.2, -0.15) is 0 Å². The van der Waals surface area contributed by atoms with Gasteiger partial charge >= 0.3 is 0 Å². The van der Waals surface area contributed by atoms with Crippen LogP contribution in [0.15, 0.2) is 24.3 Å². The Morgan fingerprint density at radius 2 is 2.16 bits per heavy atom. The summed E-state index contributed by atoms with van der Waals surface area (Å²) in [5.74, 6) is -0.167. The largest absolute Gasteiger partial charge is 0.392 e. The van der Waals surface area contributed by atoms with Crippen molar-refractivity contribution in [1.29, 1.82) is 0 Å². The minimum absolute atomic E-state index is 0.167. The summed E-state index contributed by atoms with van der Waals surface area (Å²) < 4.78 is 13.2. The van der Waals surface area contributed by atoms with Gasteiger partial charge in [0.15, 0.2) is 0 Å². The summed E-state index contributed by atoms with van der Waals surface area (Å²) in [7, 11) is 0. The Kier molecular flexibility index (Phi) is 3.56. The average Bonchev–Trinajstić information content (AvgIpc) is 2.69. The number of aliphatic hydroxyl groups excluding tert-OH is 1. The third-order valence-electron chi connectivity index (χ3n) is 4.35. The SMILES string of the molecule is C[C@H]1CN2C[C@H](O)C[C@@H]2CN1Cc1cccc(F)c1. The lowest BCUT2D eigenvalue weighted by Crippen LogP contribution is -2.54. The number of halogens is 1. The monoisotopic (exact) mass is 264 g/mol. The summed E-state index contributed by atoms with van der Waals surface area (Å²) in [6, 6.07) is 7.75. The Hall–Kier alpha value is -0.970. The summed E-state index contributed by atoms with van der Waals surface area (Å²) in [5.41, 5.74) is 1.03. The van der Waals surface area contributed by atoms with Gasteiger partial charge in [0.2, 0.25) is 0 Å². The van der Waals surface area contributed by atoms with Gasteiger partial charge in [0.25, 0.3) is 0 Å². The molecule has 0 amide bonds. The number of nitrogens with zero attached hydrogens (tertiary/aromatic N) is 2. The molecule has 19 heavy (non-hydrogen) atoms. The van der Waals surface area contributed by atoms with Gasteiger partial charge < -0.3 is 5.11 Å². The quantitative estimate of drug-likeness (QED) is 0.876. The minimum atomic E-state index is -0.175. The Morgan fingerprint density at radius 1 is 1.32 bits per heavy atom. The number of hydrogen-bond acceptors (Lipinski definition) is 3. The van der Waals surface area contributed by atoms with E-state index in [0.717, 1.165) is 38.2 Å². The molecule has 3 nitrogen and oxygen atoms in total. The van der Waals surface area contributed by atoms with Crippen molar-refractivity contribution in [2.45, 2.75) is 38.1 Å². The third kappa shape index (κ3) is 2.81. The zero-order valence-corrected chi connectivity index (χ0v) is 11.3. The van der Waals surface area contributed by atoms with Crippen LogP contribution >= 0.6 is 0 Å². The highest BCUT2D eigenvalue weighted by Gasteiger charge is 2.37. The van der Waals surface area contributed by atoms with Crippen LogP contribution in [0.5, 0.6) is 0 Å². The van der Waals surface area contributed by atoms with Crippen molar-refractivity contribution in [2.75, 3.05) is 19.6 Å². The molecule has 1 N–H and O–H groups in total. The highest BCUT2D eigenvalue weighted by molar-refractivity contribution is 5.16. The van der Waals surface area contributed by atoms with Crippen molar-refractivity contribution < 1.29 is 9.50 Å². The Labute approximate surface area is 113 Å². The topological polar surface area (TPSA) is 26.7 Å². The first-order valence-electron chi connectivity index (χ1n) is 7.02. The number of benzene rings is 1. The molecule has 1 aromatic rings. The van der Waals surface area contributed by atoms with Gasteiger partial charge in [-0.15, -0.1) is 0 Å². The molecule has 2 aliphatic heterocycles. The molecule has 0 aliphatic carbocycles. The van der Waals surface area contributed by atoms with Crippen molar-refractivity contribution in [3.63, 3.8) is 0 Å². The van der Waals surface area contributed by atoms with Gasteiger partial charge in [0, 0.05) is 38.3 Å². The van der Waals surface area contributed by atoms with Crippen molar-refractivity contribution in [3.8, 4) is 0 Å². The molecule has 1 aromatic carbocycles. The van der Waals surface area contributed by atoms with E-state index in [1.165, 1.54) is 6.07 Å². The molecule has 2 aliphatic rings. The van der Waals surface area contributed by atoms with Crippen molar-refractivity contribution >= 4 is 0 Å². The fourth-order valence-corrected chi connectivity index (χ4v) is 3.37. The van der Waals surface area contributed by atoms with Crippen LogP contribution in [0.1, 0.15) is 18.9 Å². The van der Waals surface area contributed by atoms with Gasteiger partial charge in [0.1, 0.15) is 5.82 Å². The molecule has 0 bridgehead atoms. The van der Waals surface area contributed by atoms with Crippen LogP contribution in [0.25, 0.3) is 0 Å². The molecule has 4 heteroatoms. The fraction of sp³-hybridized carbons (Fsp3) is 0.600. The molecule has 3 rings (SSSR count). The van der Waals surface area contributed by atoms with Crippen molar-refractivity contribution in [2.24, 2.45) is 0 Å². The predicted molar refractivity (Wildman–Crippen MR) is 72.3 cm³/mol. The van der Waals surface area contributed by atoms with E-state index in [9.17, 15) is 9.50 Å². The second-order valence-electron chi connectivity index (χ2n) is 5.91. The number of fused-ring (bicyclic) bond motifs is 1. The van der Waals surface area contributed by atoms with Crippen LogP contribution in [0.4, 0.5) is 4.39 Å². The highest BCUT2D eigenvalue weighted by atomic mass is 19.1. The lowest BCUT2D eigenvalue weighted by molar-refractivity contribution is 0.0528. The van der Waals surface area contributed by atoms with E-state index in [-0.39, 0.29) is 11.9 Å². The lowest BCUT2D eigenvalue weighted by Gasteiger charge is -2.42. The van der Waals surface area contributed by atoms with Crippen LogP contribution in [0, 0.1) is 5.82 Å². The van der Waals surface area contributed by atoms with Crippen LogP contribution in [-0.2, 0) is 6.54 Å². The van der Waals surface area contributed by atoms with Gasteiger partial charge in [-0.25, -0.2) is 4.39 Å².